The number of nitrogens with zero attached hydrogens (tertiary/aromatic N) is 1. The zero-order valence-electron chi connectivity index (χ0n) is 15.0. The van der Waals surface area contributed by atoms with Crippen molar-refractivity contribution in [3.63, 3.8) is 0 Å². The van der Waals surface area contributed by atoms with E-state index >= 15 is 0 Å². The van der Waals surface area contributed by atoms with Crippen molar-refractivity contribution in [2.45, 2.75) is 26.7 Å². The molecule has 1 amide bonds. The van der Waals surface area contributed by atoms with E-state index in [-0.39, 0.29) is 5.91 Å². The fourth-order valence-corrected chi connectivity index (χ4v) is 2.38. The van der Waals surface area contributed by atoms with Crippen molar-refractivity contribution in [2.75, 3.05) is 13.2 Å². The van der Waals surface area contributed by atoms with Crippen molar-refractivity contribution < 1.29 is 14.3 Å². The van der Waals surface area contributed by atoms with Gasteiger partial charge in [-0.1, -0.05) is 30.7 Å². The summed E-state index contributed by atoms with van der Waals surface area (Å²) in [5.41, 5.74) is 4.34. The number of hydrazone groups is 1. The van der Waals surface area contributed by atoms with Crippen LogP contribution in [0.5, 0.6) is 11.5 Å². The molecule has 0 saturated heterocycles. The molecule has 5 nitrogen and oxygen atoms in total. The van der Waals surface area contributed by atoms with Gasteiger partial charge in [0, 0.05) is 23.9 Å². The lowest BCUT2D eigenvalue weighted by Gasteiger charge is -2.10. The van der Waals surface area contributed by atoms with Gasteiger partial charge in [0.1, 0.15) is 11.5 Å². The first-order valence-corrected chi connectivity index (χ1v) is 8.90. The SMILES string of the molecule is CCc1ccc(OCCCOc2ccc(Cl)cc2C=NNC(C)=O)cc1. The summed E-state index contributed by atoms with van der Waals surface area (Å²) in [6.07, 6.45) is 3.26. The Morgan fingerprint density at radius 3 is 2.58 bits per heavy atom. The molecule has 0 aliphatic rings. The largest absolute Gasteiger partial charge is 0.493 e. The number of benzene rings is 2. The second kappa shape index (κ2) is 10.5. The Labute approximate surface area is 159 Å². The molecule has 0 radical (unpaired) electrons. The van der Waals surface area contributed by atoms with Gasteiger partial charge in [-0.05, 0) is 42.3 Å². The third kappa shape index (κ3) is 6.76. The monoisotopic (exact) mass is 374 g/mol. The summed E-state index contributed by atoms with van der Waals surface area (Å²) >= 11 is 6.01. The number of carbonyl (C=O) groups is 1. The van der Waals surface area contributed by atoms with E-state index in [0.717, 1.165) is 18.6 Å². The lowest BCUT2D eigenvalue weighted by atomic mass is 10.2. The molecule has 26 heavy (non-hydrogen) atoms. The van der Waals surface area contributed by atoms with Gasteiger partial charge in [0.05, 0.1) is 19.4 Å². The number of hydrogen-bond donors (Lipinski definition) is 1. The second-order valence-electron chi connectivity index (χ2n) is 5.66. The summed E-state index contributed by atoms with van der Waals surface area (Å²) in [6, 6.07) is 13.4. The Balaban J connectivity index is 1.81. The van der Waals surface area contributed by atoms with Crippen LogP contribution in [0.15, 0.2) is 47.6 Å². The average molecular weight is 375 g/mol. The Kier molecular flexibility index (Phi) is 7.96. The van der Waals surface area contributed by atoms with Gasteiger partial charge in [0.25, 0.3) is 0 Å². The molecule has 2 aromatic rings. The lowest BCUT2D eigenvalue weighted by molar-refractivity contribution is -0.118. The van der Waals surface area contributed by atoms with Crippen LogP contribution in [0.2, 0.25) is 5.02 Å². The number of aryl methyl sites for hydroxylation is 1. The van der Waals surface area contributed by atoms with Gasteiger partial charge in [-0.2, -0.15) is 5.10 Å². The van der Waals surface area contributed by atoms with E-state index < -0.39 is 0 Å². The van der Waals surface area contributed by atoms with E-state index in [1.807, 2.05) is 12.1 Å². The first-order chi connectivity index (χ1) is 12.6. The predicted molar refractivity (Wildman–Crippen MR) is 104 cm³/mol. The summed E-state index contributed by atoms with van der Waals surface area (Å²) in [5, 5.41) is 4.42. The van der Waals surface area contributed by atoms with Crippen molar-refractivity contribution in [1.29, 1.82) is 0 Å². The van der Waals surface area contributed by atoms with Gasteiger partial charge < -0.3 is 9.47 Å². The van der Waals surface area contributed by atoms with Crippen LogP contribution in [-0.4, -0.2) is 25.3 Å². The molecular formula is C20H23ClN2O3. The van der Waals surface area contributed by atoms with Crippen molar-refractivity contribution in [3.8, 4) is 11.5 Å². The number of carbonyl (C=O) groups excluding carboxylic acids is 1. The fraction of sp³-hybridized carbons (Fsp3) is 0.300. The molecule has 0 heterocycles. The summed E-state index contributed by atoms with van der Waals surface area (Å²) in [7, 11) is 0. The van der Waals surface area contributed by atoms with Crippen molar-refractivity contribution in [1.82, 2.24) is 5.43 Å². The van der Waals surface area contributed by atoms with E-state index in [2.05, 4.69) is 29.6 Å². The van der Waals surface area contributed by atoms with E-state index in [4.69, 9.17) is 21.1 Å². The highest BCUT2D eigenvalue weighted by atomic mass is 35.5. The summed E-state index contributed by atoms with van der Waals surface area (Å²) < 4.78 is 11.5. The van der Waals surface area contributed by atoms with E-state index in [0.29, 0.717) is 29.5 Å². The van der Waals surface area contributed by atoms with Crippen LogP contribution in [-0.2, 0) is 11.2 Å². The molecule has 0 atom stereocenters. The molecule has 0 bridgehead atoms. The molecule has 1 N–H and O–H groups in total. The van der Waals surface area contributed by atoms with E-state index in [9.17, 15) is 4.79 Å². The summed E-state index contributed by atoms with van der Waals surface area (Å²) in [5.74, 6) is 1.27. The van der Waals surface area contributed by atoms with Crippen molar-refractivity contribution >= 4 is 23.7 Å². The molecule has 0 spiro atoms. The van der Waals surface area contributed by atoms with Gasteiger partial charge in [-0.3, -0.25) is 4.79 Å². The number of halogens is 1. The first kappa shape index (κ1) is 19.8. The van der Waals surface area contributed by atoms with Crippen LogP contribution in [0, 0.1) is 0 Å². The van der Waals surface area contributed by atoms with E-state index in [1.165, 1.54) is 18.7 Å². The highest BCUT2D eigenvalue weighted by Gasteiger charge is 2.03. The normalized spacial score (nSPS) is 10.7. The highest BCUT2D eigenvalue weighted by molar-refractivity contribution is 6.30. The van der Waals surface area contributed by atoms with Crippen LogP contribution >= 0.6 is 11.6 Å². The van der Waals surface area contributed by atoms with Gasteiger partial charge in [-0.15, -0.1) is 0 Å². The second-order valence-corrected chi connectivity index (χ2v) is 6.09. The Morgan fingerprint density at radius 1 is 1.15 bits per heavy atom. The quantitative estimate of drug-likeness (QED) is 0.406. The number of nitrogens with one attached hydrogen (secondary N) is 1. The maximum absolute atomic E-state index is 10.9. The zero-order valence-corrected chi connectivity index (χ0v) is 15.8. The number of ether oxygens (including phenoxy) is 2. The fourth-order valence-electron chi connectivity index (χ4n) is 2.20. The third-order valence-corrected chi connectivity index (χ3v) is 3.78. The number of rotatable bonds is 9. The standard InChI is InChI=1S/C20H23ClN2O3/c1-3-16-5-8-19(9-6-16)25-11-4-12-26-20-10-7-18(21)13-17(20)14-22-23-15(2)24/h5-10,13-14H,3-4,11-12H2,1-2H3,(H,23,24). The molecule has 2 aromatic carbocycles. The molecule has 0 unspecified atom stereocenters. The lowest BCUT2D eigenvalue weighted by Crippen LogP contribution is -2.12. The highest BCUT2D eigenvalue weighted by Crippen LogP contribution is 2.21. The van der Waals surface area contributed by atoms with Crippen LogP contribution in [0.25, 0.3) is 0 Å². The minimum atomic E-state index is -0.241. The Bertz CT molecular complexity index is 745. The number of hydrogen-bond acceptors (Lipinski definition) is 4. The molecule has 138 valence electrons. The van der Waals surface area contributed by atoms with E-state index in [1.54, 1.807) is 18.2 Å². The van der Waals surface area contributed by atoms with Crippen molar-refractivity contribution in [3.05, 3.63) is 58.6 Å². The molecule has 2 rings (SSSR count). The zero-order chi connectivity index (χ0) is 18.8. The first-order valence-electron chi connectivity index (χ1n) is 8.52. The Hall–Kier alpha value is -2.53. The molecule has 6 heteroatoms. The van der Waals surface area contributed by atoms with Gasteiger partial charge >= 0.3 is 0 Å². The number of amides is 1. The minimum Gasteiger partial charge on any atom is -0.493 e. The third-order valence-electron chi connectivity index (χ3n) is 3.54. The molecule has 0 aliphatic carbocycles. The van der Waals surface area contributed by atoms with Crippen molar-refractivity contribution in [2.24, 2.45) is 5.10 Å². The predicted octanol–water partition coefficient (Wildman–Crippen LogP) is 4.22. The summed E-state index contributed by atoms with van der Waals surface area (Å²) in [4.78, 5) is 10.9. The minimum absolute atomic E-state index is 0.241. The molecule has 0 aromatic heterocycles. The molecule has 0 aliphatic heterocycles. The summed E-state index contributed by atoms with van der Waals surface area (Å²) in [6.45, 7) is 4.58. The Morgan fingerprint density at radius 2 is 1.88 bits per heavy atom. The topological polar surface area (TPSA) is 59.9 Å². The average Bonchev–Trinajstić information content (AvgIpc) is 2.63. The van der Waals surface area contributed by atoms with Crippen LogP contribution in [0.3, 0.4) is 0 Å². The van der Waals surface area contributed by atoms with Gasteiger partial charge in [0.2, 0.25) is 5.91 Å². The van der Waals surface area contributed by atoms with Crippen LogP contribution in [0.4, 0.5) is 0 Å². The molecule has 0 fully saturated rings. The van der Waals surface area contributed by atoms with Gasteiger partial charge in [0.15, 0.2) is 0 Å². The van der Waals surface area contributed by atoms with Crippen LogP contribution in [0.1, 0.15) is 31.4 Å². The van der Waals surface area contributed by atoms with Gasteiger partial charge in [-0.25, -0.2) is 5.43 Å². The maximum atomic E-state index is 10.9. The molecular weight excluding hydrogens is 352 g/mol. The van der Waals surface area contributed by atoms with Crippen LogP contribution < -0.4 is 14.9 Å². The smallest absolute Gasteiger partial charge is 0.236 e. The maximum Gasteiger partial charge on any atom is 0.236 e. The molecule has 0 saturated carbocycles.